The lowest BCUT2D eigenvalue weighted by Gasteiger charge is -1.99. The third-order valence-electron chi connectivity index (χ3n) is 3.49. The molecule has 0 saturated heterocycles. The summed E-state index contributed by atoms with van der Waals surface area (Å²) in [5, 5.41) is 3.49. The number of hydrogen-bond acceptors (Lipinski definition) is 4. The van der Waals surface area contributed by atoms with E-state index in [4.69, 9.17) is 16.3 Å². The first kappa shape index (κ1) is 17.4. The molecule has 0 amide bonds. The van der Waals surface area contributed by atoms with Gasteiger partial charge in [-0.2, -0.15) is 0 Å². The highest BCUT2D eigenvalue weighted by molar-refractivity contribution is 7.13. The maximum atomic E-state index is 11.8. The number of thiazole rings is 1. The molecule has 0 radical (unpaired) electrons. The van der Waals surface area contributed by atoms with Crippen molar-refractivity contribution in [2.24, 2.45) is 0 Å². The Morgan fingerprint density at radius 1 is 1.16 bits per heavy atom. The highest BCUT2D eigenvalue weighted by atomic mass is 35.5. The van der Waals surface area contributed by atoms with Crippen LogP contribution in [0.25, 0.3) is 16.6 Å². The molecule has 2 aromatic carbocycles. The molecule has 0 aliphatic rings. The monoisotopic (exact) mass is 369 g/mol. The van der Waals surface area contributed by atoms with E-state index in [1.807, 2.05) is 36.6 Å². The van der Waals surface area contributed by atoms with E-state index in [0.29, 0.717) is 5.02 Å². The summed E-state index contributed by atoms with van der Waals surface area (Å²) < 4.78 is 5.23. The van der Waals surface area contributed by atoms with Crippen LogP contribution in [-0.4, -0.2) is 11.0 Å². The summed E-state index contributed by atoms with van der Waals surface area (Å²) in [5.74, 6) is -0.403. The summed E-state index contributed by atoms with van der Waals surface area (Å²) in [6.45, 7) is 2.21. The number of ether oxygens (including phenoxy) is 1. The molecule has 5 heteroatoms. The molecule has 0 aliphatic heterocycles. The van der Waals surface area contributed by atoms with Crippen molar-refractivity contribution < 1.29 is 9.53 Å². The summed E-state index contributed by atoms with van der Waals surface area (Å²) in [6.07, 6.45) is 3.09. The molecule has 3 aromatic rings. The molecule has 0 fully saturated rings. The molecule has 1 heterocycles. The van der Waals surface area contributed by atoms with Gasteiger partial charge in [-0.15, -0.1) is 11.3 Å². The highest BCUT2D eigenvalue weighted by Crippen LogP contribution is 2.24. The Morgan fingerprint density at radius 2 is 1.88 bits per heavy atom. The van der Waals surface area contributed by atoms with Crippen molar-refractivity contribution in [3.63, 3.8) is 0 Å². The van der Waals surface area contributed by atoms with Gasteiger partial charge in [-0.25, -0.2) is 9.78 Å². The second kappa shape index (κ2) is 8.10. The zero-order valence-electron chi connectivity index (χ0n) is 13.6. The van der Waals surface area contributed by atoms with Crippen molar-refractivity contribution in [1.29, 1.82) is 0 Å². The van der Waals surface area contributed by atoms with Gasteiger partial charge in [-0.1, -0.05) is 53.6 Å². The van der Waals surface area contributed by atoms with Crippen LogP contribution >= 0.6 is 22.9 Å². The van der Waals surface area contributed by atoms with Gasteiger partial charge in [0.05, 0.1) is 5.69 Å². The maximum Gasteiger partial charge on any atom is 0.331 e. The molecule has 0 spiro atoms. The number of aromatic nitrogens is 1. The van der Waals surface area contributed by atoms with E-state index in [-0.39, 0.29) is 6.61 Å². The van der Waals surface area contributed by atoms with Crippen LogP contribution in [-0.2, 0) is 16.1 Å². The third kappa shape index (κ3) is 5.02. The summed E-state index contributed by atoms with van der Waals surface area (Å²) in [6, 6.07) is 15.4. The van der Waals surface area contributed by atoms with Crippen molar-refractivity contribution in [1.82, 2.24) is 4.98 Å². The average molecular weight is 370 g/mol. The molecule has 3 rings (SSSR count). The SMILES string of the molecule is Cc1ccc(-c2nc(COC(=O)/C=C/c3ccc(Cl)cc3)cs2)cc1. The predicted molar refractivity (Wildman–Crippen MR) is 103 cm³/mol. The topological polar surface area (TPSA) is 39.2 Å². The van der Waals surface area contributed by atoms with Gasteiger partial charge in [0.15, 0.2) is 0 Å². The van der Waals surface area contributed by atoms with Crippen LogP contribution in [0.5, 0.6) is 0 Å². The normalized spacial score (nSPS) is 11.0. The number of carbonyl (C=O) groups excluding carboxylic acids is 1. The molecular formula is C20H16ClNO2S. The van der Waals surface area contributed by atoms with Gasteiger partial charge >= 0.3 is 5.97 Å². The molecule has 0 saturated carbocycles. The van der Waals surface area contributed by atoms with E-state index < -0.39 is 5.97 Å². The fraction of sp³-hybridized carbons (Fsp3) is 0.100. The number of benzene rings is 2. The molecule has 3 nitrogen and oxygen atoms in total. The number of carbonyl (C=O) groups is 1. The van der Waals surface area contributed by atoms with Crippen molar-refractivity contribution >= 4 is 35.0 Å². The number of aryl methyl sites for hydroxylation is 1. The van der Waals surface area contributed by atoms with Gasteiger partial charge in [0.2, 0.25) is 0 Å². The Bertz CT molecular complexity index is 883. The smallest absolute Gasteiger partial charge is 0.331 e. The van der Waals surface area contributed by atoms with E-state index in [1.165, 1.54) is 23.0 Å². The minimum Gasteiger partial charge on any atom is -0.456 e. The zero-order chi connectivity index (χ0) is 17.6. The predicted octanol–water partition coefficient (Wildman–Crippen LogP) is 5.53. The lowest BCUT2D eigenvalue weighted by molar-refractivity contribution is -0.139. The average Bonchev–Trinajstić information content (AvgIpc) is 3.09. The Labute approximate surface area is 155 Å². The van der Waals surface area contributed by atoms with Crippen LogP contribution in [0.4, 0.5) is 0 Å². The van der Waals surface area contributed by atoms with Crippen molar-refractivity contribution in [3.8, 4) is 10.6 Å². The Kier molecular flexibility index (Phi) is 5.64. The van der Waals surface area contributed by atoms with Crippen LogP contribution in [0.2, 0.25) is 5.02 Å². The first-order valence-corrected chi connectivity index (χ1v) is 8.98. The summed E-state index contributed by atoms with van der Waals surface area (Å²) in [7, 11) is 0. The van der Waals surface area contributed by atoms with Gasteiger partial charge in [-0.05, 0) is 30.7 Å². The first-order valence-electron chi connectivity index (χ1n) is 7.72. The fourth-order valence-electron chi connectivity index (χ4n) is 2.13. The first-order chi connectivity index (χ1) is 12.1. The highest BCUT2D eigenvalue weighted by Gasteiger charge is 2.06. The molecule has 0 N–H and O–H groups in total. The second-order valence-electron chi connectivity index (χ2n) is 5.50. The van der Waals surface area contributed by atoms with Crippen LogP contribution in [0.3, 0.4) is 0 Å². The summed E-state index contributed by atoms with van der Waals surface area (Å²) in [4.78, 5) is 16.3. The zero-order valence-corrected chi connectivity index (χ0v) is 15.2. The maximum absolute atomic E-state index is 11.8. The van der Waals surface area contributed by atoms with Crippen molar-refractivity contribution in [2.45, 2.75) is 13.5 Å². The molecule has 0 aliphatic carbocycles. The molecule has 1 aromatic heterocycles. The van der Waals surface area contributed by atoms with E-state index in [2.05, 4.69) is 17.1 Å². The van der Waals surface area contributed by atoms with E-state index in [0.717, 1.165) is 21.8 Å². The Balaban J connectivity index is 1.55. The van der Waals surface area contributed by atoms with Gasteiger partial charge in [0, 0.05) is 22.0 Å². The van der Waals surface area contributed by atoms with Gasteiger partial charge in [0.25, 0.3) is 0 Å². The lowest BCUT2D eigenvalue weighted by Crippen LogP contribution is -2.00. The van der Waals surface area contributed by atoms with Gasteiger partial charge < -0.3 is 4.74 Å². The summed E-state index contributed by atoms with van der Waals surface area (Å²) in [5.41, 5.74) is 3.91. The van der Waals surface area contributed by atoms with Crippen LogP contribution in [0, 0.1) is 6.92 Å². The number of esters is 1. The summed E-state index contributed by atoms with van der Waals surface area (Å²) >= 11 is 7.36. The van der Waals surface area contributed by atoms with Crippen LogP contribution in [0.15, 0.2) is 60.0 Å². The molecule has 126 valence electrons. The Hall–Kier alpha value is -2.43. The van der Waals surface area contributed by atoms with E-state index >= 15 is 0 Å². The minimum atomic E-state index is -0.403. The molecule has 0 unspecified atom stereocenters. The van der Waals surface area contributed by atoms with Gasteiger partial charge in [0.1, 0.15) is 11.6 Å². The Morgan fingerprint density at radius 3 is 2.60 bits per heavy atom. The minimum absolute atomic E-state index is 0.159. The van der Waals surface area contributed by atoms with Gasteiger partial charge in [-0.3, -0.25) is 0 Å². The third-order valence-corrected chi connectivity index (χ3v) is 4.69. The van der Waals surface area contributed by atoms with E-state index in [9.17, 15) is 4.79 Å². The quantitative estimate of drug-likeness (QED) is 0.438. The van der Waals surface area contributed by atoms with Crippen molar-refractivity contribution in [3.05, 3.63) is 81.8 Å². The number of nitrogens with zero attached hydrogens (tertiary/aromatic N) is 1. The standard InChI is InChI=1S/C20H16ClNO2S/c1-14-2-7-16(8-3-14)20-22-18(13-25-20)12-24-19(23)11-6-15-4-9-17(21)10-5-15/h2-11,13H,12H2,1H3/b11-6+. The number of hydrogen-bond donors (Lipinski definition) is 0. The molecule has 25 heavy (non-hydrogen) atoms. The van der Waals surface area contributed by atoms with E-state index in [1.54, 1.807) is 18.2 Å². The molecular weight excluding hydrogens is 354 g/mol. The van der Waals surface area contributed by atoms with Crippen molar-refractivity contribution in [2.75, 3.05) is 0 Å². The number of halogens is 1. The van der Waals surface area contributed by atoms with Crippen LogP contribution in [0.1, 0.15) is 16.8 Å². The fourth-order valence-corrected chi connectivity index (χ4v) is 3.07. The lowest BCUT2D eigenvalue weighted by atomic mass is 10.2. The van der Waals surface area contributed by atoms with Crippen LogP contribution < -0.4 is 0 Å². The molecule has 0 bridgehead atoms. The number of rotatable bonds is 5. The second-order valence-corrected chi connectivity index (χ2v) is 6.80. The largest absolute Gasteiger partial charge is 0.456 e. The molecule has 0 atom stereocenters.